The number of benzene rings is 1. The van der Waals surface area contributed by atoms with E-state index >= 15 is 0 Å². The Morgan fingerprint density at radius 1 is 1.00 bits per heavy atom. The SMILES string of the molecule is Cc1cccc(CNc2nc(S(C)(=O)=O)nc3occ(-c4ccccc4)c23)n1. The number of anilines is 1. The smallest absolute Gasteiger partial charge is 0.252 e. The second kappa shape index (κ2) is 7.05. The van der Waals surface area contributed by atoms with Gasteiger partial charge in [0.2, 0.25) is 15.6 Å². The molecular formula is C20H18N4O3S. The molecule has 0 fully saturated rings. The summed E-state index contributed by atoms with van der Waals surface area (Å²) < 4.78 is 29.6. The van der Waals surface area contributed by atoms with Crippen LogP contribution in [-0.2, 0) is 16.4 Å². The first kappa shape index (κ1) is 18.1. The molecule has 142 valence electrons. The van der Waals surface area contributed by atoms with Crippen LogP contribution in [0.25, 0.3) is 22.2 Å². The van der Waals surface area contributed by atoms with Crippen molar-refractivity contribution in [2.24, 2.45) is 0 Å². The molecule has 0 saturated heterocycles. The van der Waals surface area contributed by atoms with E-state index in [1.165, 1.54) is 0 Å². The van der Waals surface area contributed by atoms with Gasteiger partial charge >= 0.3 is 0 Å². The van der Waals surface area contributed by atoms with Crippen LogP contribution in [-0.4, -0.2) is 29.6 Å². The molecule has 0 spiro atoms. The van der Waals surface area contributed by atoms with E-state index in [4.69, 9.17) is 4.42 Å². The highest BCUT2D eigenvalue weighted by molar-refractivity contribution is 7.90. The predicted octanol–water partition coefficient (Wildman–Crippen LogP) is 3.61. The van der Waals surface area contributed by atoms with Crippen LogP contribution in [0.5, 0.6) is 0 Å². The molecule has 0 aliphatic heterocycles. The number of sulfone groups is 1. The highest BCUT2D eigenvalue weighted by atomic mass is 32.2. The largest absolute Gasteiger partial charge is 0.445 e. The summed E-state index contributed by atoms with van der Waals surface area (Å²) in [5.74, 6) is 0.390. The fraction of sp³-hybridized carbons (Fsp3) is 0.150. The lowest BCUT2D eigenvalue weighted by Crippen LogP contribution is -2.09. The third kappa shape index (κ3) is 3.59. The second-order valence-electron chi connectivity index (χ2n) is 6.45. The Morgan fingerprint density at radius 3 is 2.50 bits per heavy atom. The molecule has 1 aromatic carbocycles. The van der Waals surface area contributed by atoms with Crippen LogP contribution in [0.2, 0.25) is 0 Å². The molecule has 8 heteroatoms. The number of hydrogen-bond donors (Lipinski definition) is 1. The number of furan rings is 1. The van der Waals surface area contributed by atoms with Gasteiger partial charge in [0.15, 0.2) is 0 Å². The van der Waals surface area contributed by atoms with Crippen LogP contribution in [0.1, 0.15) is 11.4 Å². The lowest BCUT2D eigenvalue weighted by atomic mass is 10.1. The van der Waals surface area contributed by atoms with Crippen molar-refractivity contribution >= 4 is 26.8 Å². The van der Waals surface area contributed by atoms with Gasteiger partial charge in [-0.2, -0.15) is 4.98 Å². The van der Waals surface area contributed by atoms with Crippen molar-refractivity contribution in [1.29, 1.82) is 0 Å². The molecule has 28 heavy (non-hydrogen) atoms. The number of aromatic nitrogens is 3. The Labute approximate surface area is 162 Å². The van der Waals surface area contributed by atoms with Gasteiger partial charge in [0.1, 0.15) is 12.1 Å². The van der Waals surface area contributed by atoms with Crippen LogP contribution in [0, 0.1) is 6.92 Å². The van der Waals surface area contributed by atoms with E-state index in [0.29, 0.717) is 17.7 Å². The van der Waals surface area contributed by atoms with E-state index in [1.807, 2.05) is 55.5 Å². The van der Waals surface area contributed by atoms with Crippen LogP contribution in [0.15, 0.2) is 64.4 Å². The minimum absolute atomic E-state index is 0.217. The maximum atomic E-state index is 12.0. The number of nitrogens with zero attached hydrogens (tertiary/aromatic N) is 3. The van der Waals surface area contributed by atoms with E-state index in [-0.39, 0.29) is 10.9 Å². The Balaban J connectivity index is 1.84. The molecule has 4 rings (SSSR count). The normalized spacial score (nSPS) is 11.6. The molecule has 0 saturated carbocycles. The summed E-state index contributed by atoms with van der Waals surface area (Å²) in [6.07, 6.45) is 2.64. The molecular weight excluding hydrogens is 376 g/mol. The van der Waals surface area contributed by atoms with Gasteiger partial charge in [-0.05, 0) is 24.6 Å². The number of aryl methyl sites for hydroxylation is 1. The molecule has 1 N–H and O–H groups in total. The summed E-state index contributed by atoms with van der Waals surface area (Å²) in [4.78, 5) is 12.8. The molecule has 3 heterocycles. The minimum atomic E-state index is -3.60. The third-order valence-corrected chi connectivity index (χ3v) is 5.06. The van der Waals surface area contributed by atoms with Crippen LogP contribution in [0.3, 0.4) is 0 Å². The number of fused-ring (bicyclic) bond motifs is 1. The Morgan fingerprint density at radius 2 is 1.79 bits per heavy atom. The van der Waals surface area contributed by atoms with Crippen molar-refractivity contribution in [3.05, 3.63) is 66.2 Å². The fourth-order valence-corrected chi connectivity index (χ4v) is 3.42. The standard InChI is InChI=1S/C20H18N4O3S/c1-13-7-6-10-15(22-13)11-21-18-17-16(14-8-4-3-5-9-14)12-27-19(17)24-20(23-18)28(2,25)26/h3-10,12H,11H2,1-2H3,(H,21,23,24). The molecule has 0 atom stereocenters. The molecule has 7 nitrogen and oxygen atoms in total. The summed E-state index contributed by atoms with van der Waals surface area (Å²) in [6.45, 7) is 2.30. The Kier molecular flexibility index (Phi) is 4.56. The lowest BCUT2D eigenvalue weighted by Gasteiger charge is -2.09. The molecule has 3 aromatic heterocycles. The highest BCUT2D eigenvalue weighted by Gasteiger charge is 2.21. The Bertz CT molecular complexity index is 1250. The van der Waals surface area contributed by atoms with E-state index in [0.717, 1.165) is 28.8 Å². The van der Waals surface area contributed by atoms with E-state index in [9.17, 15) is 8.42 Å². The van der Waals surface area contributed by atoms with Crippen LogP contribution in [0.4, 0.5) is 5.82 Å². The first-order chi connectivity index (χ1) is 13.4. The van der Waals surface area contributed by atoms with Gasteiger partial charge in [-0.1, -0.05) is 36.4 Å². The first-order valence-electron chi connectivity index (χ1n) is 8.63. The third-order valence-electron chi connectivity index (χ3n) is 4.21. The number of hydrogen-bond acceptors (Lipinski definition) is 7. The molecule has 0 bridgehead atoms. The van der Waals surface area contributed by atoms with Gasteiger partial charge < -0.3 is 9.73 Å². The maximum Gasteiger partial charge on any atom is 0.252 e. The van der Waals surface area contributed by atoms with Crippen molar-refractivity contribution in [2.45, 2.75) is 18.6 Å². The first-order valence-corrected chi connectivity index (χ1v) is 10.5. The average molecular weight is 394 g/mol. The summed E-state index contributed by atoms with van der Waals surface area (Å²) >= 11 is 0. The summed E-state index contributed by atoms with van der Waals surface area (Å²) in [7, 11) is -3.60. The zero-order chi connectivity index (χ0) is 19.7. The van der Waals surface area contributed by atoms with Crippen molar-refractivity contribution in [3.8, 4) is 11.1 Å². The van der Waals surface area contributed by atoms with Gasteiger partial charge in [-0.3, -0.25) is 4.98 Å². The molecule has 4 aromatic rings. The highest BCUT2D eigenvalue weighted by Crippen LogP contribution is 2.34. The molecule has 0 amide bonds. The van der Waals surface area contributed by atoms with Gasteiger partial charge in [0.05, 0.1) is 17.6 Å². The van der Waals surface area contributed by atoms with E-state index < -0.39 is 9.84 Å². The van der Waals surface area contributed by atoms with Crippen molar-refractivity contribution < 1.29 is 12.8 Å². The minimum Gasteiger partial charge on any atom is -0.445 e. The monoisotopic (exact) mass is 394 g/mol. The van der Waals surface area contributed by atoms with Crippen molar-refractivity contribution in [1.82, 2.24) is 15.0 Å². The molecule has 0 aliphatic carbocycles. The number of pyridine rings is 1. The molecule has 0 aliphatic rings. The quantitative estimate of drug-likeness (QED) is 0.516. The summed E-state index contributed by atoms with van der Waals surface area (Å²) in [6, 6.07) is 15.4. The molecule has 0 radical (unpaired) electrons. The van der Waals surface area contributed by atoms with Crippen LogP contribution >= 0.6 is 0 Å². The van der Waals surface area contributed by atoms with Gasteiger partial charge in [-0.15, -0.1) is 0 Å². The maximum absolute atomic E-state index is 12.0. The predicted molar refractivity (Wildman–Crippen MR) is 107 cm³/mol. The van der Waals surface area contributed by atoms with Gasteiger partial charge in [-0.25, -0.2) is 13.4 Å². The average Bonchev–Trinajstić information content (AvgIpc) is 3.10. The van der Waals surface area contributed by atoms with Crippen LogP contribution < -0.4 is 5.32 Å². The zero-order valence-electron chi connectivity index (χ0n) is 15.4. The van der Waals surface area contributed by atoms with Crippen molar-refractivity contribution in [3.63, 3.8) is 0 Å². The number of rotatable bonds is 5. The van der Waals surface area contributed by atoms with Gasteiger partial charge in [0.25, 0.3) is 5.16 Å². The Hall–Kier alpha value is -3.26. The van der Waals surface area contributed by atoms with E-state index in [1.54, 1.807) is 6.26 Å². The lowest BCUT2D eigenvalue weighted by molar-refractivity contribution is 0.580. The second-order valence-corrected chi connectivity index (χ2v) is 8.36. The zero-order valence-corrected chi connectivity index (χ0v) is 16.2. The van der Waals surface area contributed by atoms with Crippen molar-refractivity contribution in [2.75, 3.05) is 11.6 Å². The fourth-order valence-electron chi connectivity index (χ4n) is 2.92. The number of nitrogens with one attached hydrogen (secondary N) is 1. The van der Waals surface area contributed by atoms with Gasteiger partial charge in [0, 0.05) is 17.5 Å². The summed E-state index contributed by atoms with van der Waals surface area (Å²) in [5, 5.41) is 3.55. The summed E-state index contributed by atoms with van der Waals surface area (Å²) in [5.41, 5.74) is 3.65. The van der Waals surface area contributed by atoms with E-state index in [2.05, 4.69) is 20.3 Å². The molecule has 0 unspecified atom stereocenters. The topological polar surface area (TPSA) is 98.0 Å².